The molecule has 0 unspecified atom stereocenters. The van der Waals surface area contributed by atoms with Crippen LogP contribution in [0.3, 0.4) is 0 Å². The SMILES string of the molecule is Clc1ccc2oc(Nc3nc(-c4cccs4)cs3)nc2c1. The molecule has 0 bridgehead atoms. The summed E-state index contributed by atoms with van der Waals surface area (Å²) in [6.07, 6.45) is 0. The Morgan fingerprint density at radius 3 is 2.95 bits per heavy atom. The normalized spacial score (nSPS) is 11.1. The number of benzene rings is 1. The van der Waals surface area contributed by atoms with Crippen molar-refractivity contribution < 1.29 is 4.42 Å². The van der Waals surface area contributed by atoms with Crippen LogP contribution in [0.15, 0.2) is 45.5 Å². The van der Waals surface area contributed by atoms with Crippen LogP contribution in [0, 0.1) is 0 Å². The maximum Gasteiger partial charge on any atom is 0.302 e. The van der Waals surface area contributed by atoms with Gasteiger partial charge < -0.3 is 4.42 Å². The number of halogens is 1. The lowest BCUT2D eigenvalue weighted by molar-refractivity contribution is 0.623. The fraction of sp³-hybridized carbons (Fsp3) is 0. The number of thiazole rings is 1. The number of hydrogen-bond donors (Lipinski definition) is 1. The van der Waals surface area contributed by atoms with E-state index < -0.39 is 0 Å². The van der Waals surface area contributed by atoms with Gasteiger partial charge in [-0.15, -0.1) is 22.7 Å². The third-order valence-corrected chi connectivity index (χ3v) is 4.73. The zero-order valence-corrected chi connectivity index (χ0v) is 12.9. The molecule has 1 N–H and O–H groups in total. The lowest BCUT2D eigenvalue weighted by Crippen LogP contribution is -1.88. The van der Waals surface area contributed by atoms with E-state index in [-0.39, 0.29) is 0 Å². The minimum atomic E-state index is 0.416. The van der Waals surface area contributed by atoms with Gasteiger partial charge in [0.1, 0.15) is 5.52 Å². The Morgan fingerprint density at radius 2 is 2.10 bits per heavy atom. The zero-order chi connectivity index (χ0) is 14.2. The first-order valence-corrected chi connectivity index (χ1v) is 8.24. The highest BCUT2D eigenvalue weighted by Crippen LogP contribution is 2.30. The molecule has 0 atom stereocenters. The lowest BCUT2D eigenvalue weighted by atomic mass is 10.3. The second-order valence-corrected chi connectivity index (χ2v) is 6.51. The van der Waals surface area contributed by atoms with Gasteiger partial charge >= 0.3 is 6.01 Å². The van der Waals surface area contributed by atoms with E-state index in [4.69, 9.17) is 16.0 Å². The van der Waals surface area contributed by atoms with Gasteiger partial charge in [0.15, 0.2) is 10.7 Å². The van der Waals surface area contributed by atoms with Crippen molar-refractivity contribution in [2.24, 2.45) is 0 Å². The van der Waals surface area contributed by atoms with Crippen molar-refractivity contribution in [2.75, 3.05) is 5.32 Å². The first-order chi connectivity index (χ1) is 10.3. The maximum absolute atomic E-state index is 5.94. The van der Waals surface area contributed by atoms with Gasteiger partial charge in [0.2, 0.25) is 0 Å². The highest BCUT2D eigenvalue weighted by Gasteiger charge is 2.10. The van der Waals surface area contributed by atoms with E-state index in [1.54, 1.807) is 29.5 Å². The third-order valence-electron chi connectivity index (χ3n) is 2.84. The molecule has 3 heterocycles. The molecule has 0 saturated carbocycles. The molecule has 4 nitrogen and oxygen atoms in total. The molecule has 7 heteroatoms. The van der Waals surface area contributed by atoms with Crippen LogP contribution < -0.4 is 5.32 Å². The molecule has 3 aromatic heterocycles. The van der Waals surface area contributed by atoms with E-state index in [1.807, 2.05) is 22.9 Å². The number of anilines is 2. The Bertz CT molecular complexity index is 898. The largest absolute Gasteiger partial charge is 0.423 e. The van der Waals surface area contributed by atoms with Crippen molar-refractivity contribution in [3.05, 3.63) is 46.1 Å². The first-order valence-electron chi connectivity index (χ1n) is 6.10. The lowest BCUT2D eigenvalue weighted by Gasteiger charge is -1.94. The van der Waals surface area contributed by atoms with Gasteiger partial charge in [0.05, 0.1) is 10.6 Å². The van der Waals surface area contributed by atoms with E-state index in [0.717, 1.165) is 21.2 Å². The fourth-order valence-corrected chi connectivity index (χ4v) is 3.54. The highest BCUT2D eigenvalue weighted by molar-refractivity contribution is 7.16. The number of aromatic nitrogens is 2. The van der Waals surface area contributed by atoms with Crippen molar-refractivity contribution in [3.8, 4) is 10.6 Å². The Balaban J connectivity index is 1.62. The van der Waals surface area contributed by atoms with Crippen LogP contribution in [0.5, 0.6) is 0 Å². The smallest absolute Gasteiger partial charge is 0.302 e. The van der Waals surface area contributed by atoms with Crippen molar-refractivity contribution in [1.82, 2.24) is 9.97 Å². The second-order valence-electron chi connectivity index (χ2n) is 4.27. The number of nitrogens with zero attached hydrogens (tertiary/aromatic N) is 2. The summed E-state index contributed by atoms with van der Waals surface area (Å²) in [7, 11) is 0. The number of rotatable bonds is 3. The molecule has 1 aromatic carbocycles. The Hall–Kier alpha value is -1.89. The minimum absolute atomic E-state index is 0.416. The second kappa shape index (κ2) is 5.14. The standard InChI is InChI=1S/C14H8ClN3OS2/c15-8-3-4-11-9(6-8)16-13(19-11)18-14-17-10(7-21-14)12-2-1-5-20-12/h1-7H,(H,16,17,18). The molecule has 0 spiro atoms. The molecular weight excluding hydrogens is 326 g/mol. The summed E-state index contributed by atoms with van der Waals surface area (Å²) in [5.41, 5.74) is 2.37. The molecule has 21 heavy (non-hydrogen) atoms. The van der Waals surface area contributed by atoms with E-state index in [0.29, 0.717) is 16.6 Å². The Labute approximate surface area is 133 Å². The van der Waals surface area contributed by atoms with Crippen LogP contribution in [0.1, 0.15) is 0 Å². The summed E-state index contributed by atoms with van der Waals surface area (Å²) in [4.78, 5) is 10.0. The minimum Gasteiger partial charge on any atom is -0.423 e. The molecule has 0 saturated heterocycles. The topological polar surface area (TPSA) is 51.0 Å². The van der Waals surface area contributed by atoms with Gasteiger partial charge in [-0.05, 0) is 29.6 Å². The molecule has 0 amide bonds. The van der Waals surface area contributed by atoms with Crippen molar-refractivity contribution in [2.45, 2.75) is 0 Å². The summed E-state index contributed by atoms with van der Waals surface area (Å²) in [5.74, 6) is 0. The van der Waals surface area contributed by atoms with Gasteiger partial charge in [0.25, 0.3) is 0 Å². The van der Waals surface area contributed by atoms with E-state index in [1.165, 1.54) is 11.3 Å². The van der Waals surface area contributed by atoms with Crippen LogP contribution in [-0.2, 0) is 0 Å². The fourth-order valence-electron chi connectivity index (χ4n) is 1.91. The molecule has 0 radical (unpaired) electrons. The molecule has 0 aliphatic rings. The summed E-state index contributed by atoms with van der Waals surface area (Å²) >= 11 is 9.12. The van der Waals surface area contributed by atoms with E-state index >= 15 is 0 Å². The predicted octanol–water partition coefficient (Wildman–Crippen LogP) is 5.41. The van der Waals surface area contributed by atoms with Crippen LogP contribution in [0.25, 0.3) is 21.7 Å². The number of hydrogen-bond acceptors (Lipinski definition) is 6. The van der Waals surface area contributed by atoms with Gasteiger partial charge in [-0.25, -0.2) is 4.98 Å². The first kappa shape index (κ1) is 12.8. The Morgan fingerprint density at radius 1 is 1.14 bits per heavy atom. The molecule has 0 aliphatic heterocycles. The van der Waals surface area contributed by atoms with Gasteiger partial charge in [-0.1, -0.05) is 17.7 Å². The van der Waals surface area contributed by atoms with Gasteiger partial charge in [-0.2, -0.15) is 4.98 Å². The van der Waals surface area contributed by atoms with Crippen molar-refractivity contribution >= 4 is 56.5 Å². The maximum atomic E-state index is 5.94. The summed E-state index contributed by atoms with van der Waals surface area (Å²) in [6.45, 7) is 0. The van der Waals surface area contributed by atoms with Crippen LogP contribution in [0.4, 0.5) is 11.1 Å². The van der Waals surface area contributed by atoms with E-state index in [2.05, 4.69) is 15.3 Å². The van der Waals surface area contributed by atoms with Crippen LogP contribution in [-0.4, -0.2) is 9.97 Å². The molecule has 0 fully saturated rings. The van der Waals surface area contributed by atoms with Gasteiger partial charge in [-0.3, -0.25) is 5.32 Å². The Kier molecular flexibility index (Phi) is 3.14. The number of thiophene rings is 1. The quantitative estimate of drug-likeness (QED) is 0.544. The average Bonchev–Trinajstić information content (AvgIpc) is 3.16. The number of nitrogens with one attached hydrogen (secondary N) is 1. The summed E-state index contributed by atoms with van der Waals surface area (Å²) < 4.78 is 5.62. The third kappa shape index (κ3) is 2.53. The molecule has 4 aromatic rings. The zero-order valence-electron chi connectivity index (χ0n) is 10.5. The van der Waals surface area contributed by atoms with Gasteiger partial charge in [0, 0.05) is 10.4 Å². The average molecular weight is 334 g/mol. The monoisotopic (exact) mass is 333 g/mol. The predicted molar refractivity (Wildman–Crippen MR) is 87.7 cm³/mol. The van der Waals surface area contributed by atoms with E-state index in [9.17, 15) is 0 Å². The summed E-state index contributed by atoms with van der Waals surface area (Å²) in [6, 6.07) is 9.82. The van der Waals surface area contributed by atoms with Crippen molar-refractivity contribution in [3.63, 3.8) is 0 Å². The van der Waals surface area contributed by atoms with Crippen LogP contribution >= 0.6 is 34.3 Å². The van der Waals surface area contributed by atoms with Crippen molar-refractivity contribution in [1.29, 1.82) is 0 Å². The molecule has 4 rings (SSSR count). The number of fused-ring (bicyclic) bond motifs is 1. The molecule has 104 valence electrons. The highest BCUT2D eigenvalue weighted by atomic mass is 35.5. The molecule has 0 aliphatic carbocycles. The van der Waals surface area contributed by atoms with Crippen LogP contribution in [0.2, 0.25) is 5.02 Å². The number of oxazole rings is 1. The summed E-state index contributed by atoms with van der Waals surface area (Å²) in [5, 5.41) is 8.51. The molecular formula is C14H8ClN3OS2.